The average molecular weight is 202 g/mol. The molecule has 0 bridgehead atoms. The summed E-state index contributed by atoms with van der Waals surface area (Å²) in [6, 6.07) is 4.49. The summed E-state index contributed by atoms with van der Waals surface area (Å²) in [4.78, 5) is 1.40. The first-order valence-electron chi connectivity index (χ1n) is 4.19. The van der Waals surface area contributed by atoms with Crippen LogP contribution in [0.5, 0.6) is 0 Å². The first kappa shape index (κ1) is 8.54. The third-order valence-electron chi connectivity index (χ3n) is 2.80. The van der Waals surface area contributed by atoms with Gasteiger partial charge < -0.3 is 5.73 Å². The Morgan fingerprint density at radius 3 is 2.75 bits per heavy atom. The molecular formula is C9H12ClNS. The van der Waals surface area contributed by atoms with Crippen LogP contribution in [0.25, 0.3) is 0 Å². The highest BCUT2D eigenvalue weighted by molar-refractivity contribution is 7.16. The molecule has 1 fully saturated rings. The molecule has 0 saturated heterocycles. The molecule has 3 atom stereocenters. The van der Waals surface area contributed by atoms with Crippen LogP contribution in [0.3, 0.4) is 0 Å². The van der Waals surface area contributed by atoms with E-state index in [4.69, 9.17) is 17.3 Å². The maximum absolute atomic E-state index is 5.86. The van der Waals surface area contributed by atoms with Crippen molar-refractivity contribution in [2.24, 2.45) is 11.7 Å². The molecule has 12 heavy (non-hydrogen) atoms. The van der Waals surface area contributed by atoms with Gasteiger partial charge in [0.05, 0.1) is 4.34 Å². The standard InChI is InChI=1S/C9H12ClNS/c1-5-6(4-7(5)11)8-2-3-9(10)12-8/h2-3,5-7H,4,11H2,1H3. The lowest BCUT2D eigenvalue weighted by Gasteiger charge is -2.39. The normalized spacial score (nSPS) is 34.8. The van der Waals surface area contributed by atoms with Gasteiger partial charge in [-0.1, -0.05) is 18.5 Å². The smallest absolute Gasteiger partial charge is 0.0931 e. The third kappa shape index (κ3) is 1.28. The second kappa shape index (κ2) is 3.02. The van der Waals surface area contributed by atoms with Crippen LogP contribution in [0.2, 0.25) is 4.34 Å². The van der Waals surface area contributed by atoms with Crippen LogP contribution in [-0.4, -0.2) is 6.04 Å². The number of thiophene rings is 1. The predicted octanol–water partition coefficient (Wildman–Crippen LogP) is 2.85. The van der Waals surface area contributed by atoms with Crippen LogP contribution in [0, 0.1) is 5.92 Å². The van der Waals surface area contributed by atoms with Crippen LogP contribution in [0.4, 0.5) is 0 Å². The summed E-state index contributed by atoms with van der Waals surface area (Å²) in [5.41, 5.74) is 5.83. The Labute approximate surface area is 81.5 Å². The molecule has 0 aromatic carbocycles. The monoisotopic (exact) mass is 201 g/mol. The van der Waals surface area contributed by atoms with Crippen LogP contribution >= 0.6 is 22.9 Å². The van der Waals surface area contributed by atoms with Crippen molar-refractivity contribution in [1.29, 1.82) is 0 Å². The molecule has 1 aromatic heterocycles. The number of rotatable bonds is 1. The summed E-state index contributed by atoms with van der Waals surface area (Å²) in [5.74, 6) is 1.29. The molecule has 1 aromatic rings. The molecule has 66 valence electrons. The third-order valence-corrected chi connectivity index (χ3v) is 4.16. The Bertz CT molecular complexity index is 284. The van der Waals surface area contributed by atoms with E-state index in [1.165, 1.54) is 4.88 Å². The van der Waals surface area contributed by atoms with E-state index in [2.05, 4.69) is 13.0 Å². The zero-order valence-corrected chi connectivity index (χ0v) is 8.53. The summed E-state index contributed by atoms with van der Waals surface area (Å²) in [7, 11) is 0. The first-order chi connectivity index (χ1) is 5.68. The highest BCUT2D eigenvalue weighted by Gasteiger charge is 2.36. The minimum Gasteiger partial charge on any atom is -0.327 e. The first-order valence-corrected chi connectivity index (χ1v) is 5.38. The van der Waals surface area contributed by atoms with E-state index in [0.717, 1.165) is 10.8 Å². The lowest BCUT2D eigenvalue weighted by molar-refractivity contribution is 0.230. The summed E-state index contributed by atoms with van der Waals surface area (Å²) >= 11 is 7.54. The topological polar surface area (TPSA) is 26.0 Å². The van der Waals surface area contributed by atoms with E-state index < -0.39 is 0 Å². The van der Waals surface area contributed by atoms with Gasteiger partial charge in [0.2, 0.25) is 0 Å². The molecule has 2 N–H and O–H groups in total. The van der Waals surface area contributed by atoms with Crippen LogP contribution < -0.4 is 5.73 Å². The molecule has 0 radical (unpaired) electrons. The fourth-order valence-corrected chi connectivity index (χ4v) is 3.02. The van der Waals surface area contributed by atoms with Crippen molar-refractivity contribution in [2.75, 3.05) is 0 Å². The highest BCUT2D eigenvalue weighted by atomic mass is 35.5. The van der Waals surface area contributed by atoms with Gasteiger partial charge in [0.25, 0.3) is 0 Å². The Hall–Kier alpha value is -0.0500. The Morgan fingerprint density at radius 1 is 1.58 bits per heavy atom. The maximum atomic E-state index is 5.86. The van der Waals surface area contributed by atoms with Crippen molar-refractivity contribution in [3.8, 4) is 0 Å². The highest BCUT2D eigenvalue weighted by Crippen LogP contribution is 2.44. The van der Waals surface area contributed by atoms with Crippen molar-refractivity contribution in [2.45, 2.75) is 25.3 Å². The van der Waals surface area contributed by atoms with E-state index in [-0.39, 0.29) is 0 Å². The van der Waals surface area contributed by atoms with Crippen molar-refractivity contribution in [3.05, 3.63) is 21.3 Å². The Morgan fingerprint density at radius 2 is 2.33 bits per heavy atom. The lowest BCUT2D eigenvalue weighted by atomic mass is 9.70. The summed E-state index contributed by atoms with van der Waals surface area (Å²) in [5, 5.41) is 0. The van der Waals surface area contributed by atoms with Gasteiger partial charge in [0, 0.05) is 10.9 Å². The largest absolute Gasteiger partial charge is 0.327 e. The van der Waals surface area contributed by atoms with Crippen molar-refractivity contribution in [3.63, 3.8) is 0 Å². The van der Waals surface area contributed by atoms with Gasteiger partial charge in [-0.3, -0.25) is 0 Å². The van der Waals surface area contributed by atoms with Gasteiger partial charge in [-0.05, 0) is 30.4 Å². The van der Waals surface area contributed by atoms with Gasteiger partial charge in [-0.15, -0.1) is 11.3 Å². The number of halogens is 1. The van der Waals surface area contributed by atoms with Crippen LogP contribution in [0.1, 0.15) is 24.1 Å². The summed E-state index contributed by atoms with van der Waals surface area (Å²) in [6.07, 6.45) is 1.12. The van der Waals surface area contributed by atoms with E-state index in [1.54, 1.807) is 11.3 Å². The fourth-order valence-electron chi connectivity index (χ4n) is 1.73. The molecule has 3 unspecified atom stereocenters. The molecule has 1 aliphatic rings. The van der Waals surface area contributed by atoms with E-state index in [0.29, 0.717) is 17.9 Å². The molecule has 2 rings (SSSR count). The number of nitrogens with two attached hydrogens (primary N) is 1. The quantitative estimate of drug-likeness (QED) is 0.743. The zero-order valence-electron chi connectivity index (χ0n) is 6.96. The van der Waals surface area contributed by atoms with E-state index in [1.807, 2.05) is 6.07 Å². The number of hydrogen-bond acceptors (Lipinski definition) is 2. The van der Waals surface area contributed by atoms with Crippen LogP contribution in [0.15, 0.2) is 12.1 Å². The average Bonchev–Trinajstić information content (AvgIpc) is 2.46. The molecule has 0 spiro atoms. The van der Waals surface area contributed by atoms with Crippen molar-refractivity contribution in [1.82, 2.24) is 0 Å². The van der Waals surface area contributed by atoms with E-state index >= 15 is 0 Å². The number of hydrogen-bond donors (Lipinski definition) is 1. The maximum Gasteiger partial charge on any atom is 0.0931 e. The molecule has 0 aliphatic heterocycles. The summed E-state index contributed by atoms with van der Waals surface area (Å²) in [6.45, 7) is 2.21. The van der Waals surface area contributed by atoms with Gasteiger partial charge in [0.1, 0.15) is 0 Å². The van der Waals surface area contributed by atoms with Crippen molar-refractivity contribution < 1.29 is 0 Å². The second-order valence-electron chi connectivity index (χ2n) is 3.51. The van der Waals surface area contributed by atoms with Gasteiger partial charge >= 0.3 is 0 Å². The van der Waals surface area contributed by atoms with E-state index in [9.17, 15) is 0 Å². The Balaban J connectivity index is 2.12. The Kier molecular flexibility index (Phi) is 2.15. The second-order valence-corrected chi connectivity index (χ2v) is 5.25. The molecule has 1 nitrogen and oxygen atoms in total. The van der Waals surface area contributed by atoms with Crippen molar-refractivity contribution >= 4 is 22.9 Å². The predicted molar refractivity (Wildman–Crippen MR) is 53.8 cm³/mol. The SMILES string of the molecule is CC1C(N)CC1c1ccc(Cl)s1. The fraction of sp³-hybridized carbons (Fsp3) is 0.556. The molecule has 1 heterocycles. The minimum absolute atomic E-state index is 0.399. The molecule has 3 heteroatoms. The minimum atomic E-state index is 0.399. The van der Waals surface area contributed by atoms with Crippen LogP contribution in [-0.2, 0) is 0 Å². The molecule has 1 saturated carbocycles. The zero-order chi connectivity index (χ0) is 8.72. The van der Waals surface area contributed by atoms with Gasteiger partial charge in [0.15, 0.2) is 0 Å². The molecular weight excluding hydrogens is 190 g/mol. The molecule has 1 aliphatic carbocycles. The van der Waals surface area contributed by atoms with Gasteiger partial charge in [-0.2, -0.15) is 0 Å². The molecule has 0 amide bonds. The summed E-state index contributed by atoms with van der Waals surface area (Å²) < 4.78 is 0.887. The van der Waals surface area contributed by atoms with Gasteiger partial charge in [-0.25, -0.2) is 0 Å². The lowest BCUT2D eigenvalue weighted by Crippen LogP contribution is -2.43.